The van der Waals surface area contributed by atoms with Crippen molar-refractivity contribution < 1.29 is 13.2 Å². The van der Waals surface area contributed by atoms with Gasteiger partial charge in [-0.1, -0.05) is 6.07 Å². The number of rotatable bonds is 3. The summed E-state index contributed by atoms with van der Waals surface area (Å²) in [5.41, 5.74) is 8.18. The van der Waals surface area contributed by atoms with Gasteiger partial charge in [0.15, 0.2) is 0 Å². The Bertz CT molecular complexity index is 598. The van der Waals surface area contributed by atoms with Crippen LogP contribution in [0.3, 0.4) is 0 Å². The van der Waals surface area contributed by atoms with Gasteiger partial charge in [0.2, 0.25) is 15.9 Å². The highest BCUT2D eigenvalue weighted by molar-refractivity contribution is 7.90. The highest BCUT2D eigenvalue weighted by Crippen LogP contribution is 2.31. The van der Waals surface area contributed by atoms with E-state index in [0.29, 0.717) is 12.2 Å². The summed E-state index contributed by atoms with van der Waals surface area (Å²) < 4.78 is 25.0. The van der Waals surface area contributed by atoms with Gasteiger partial charge in [0.1, 0.15) is 5.75 Å². The predicted molar refractivity (Wildman–Crippen MR) is 74.4 cm³/mol. The molecule has 0 bridgehead atoms. The Hall–Kier alpha value is -1.60. The number of hydrogen-bond donors (Lipinski definition) is 2. The molecular weight excluding hydrogens is 266 g/mol. The molecule has 0 aliphatic carbocycles. The average molecular weight is 283 g/mol. The molecule has 0 radical (unpaired) electrons. The number of amides is 1. The first-order valence-electron chi connectivity index (χ1n) is 6.03. The molecule has 1 aromatic rings. The topological polar surface area (TPSA) is 92.5 Å². The van der Waals surface area contributed by atoms with E-state index in [9.17, 15) is 13.2 Å². The van der Waals surface area contributed by atoms with Crippen molar-refractivity contribution in [1.82, 2.24) is 4.72 Å². The molecular formula is C12H17N3O3S. The van der Waals surface area contributed by atoms with Crippen LogP contribution in [-0.2, 0) is 21.2 Å². The zero-order valence-electron chi connectivity index (χ0n) is 10.7. The van der Waals surface area contributed by atoms with Gasteiger partial charge in [0, 0.05) is 17.9 Å². The van der Waals surface area contributed by atoms with Crippen molar-refractivity contribution in [2.75, 3.05) is 30.0 Å². The van der Waals surface area contributed by atoms with Crippen molar-refractivity contribution in [1.29, 1.82) is 0 Å². The maximum Gasteiger partial charge on any atom is 0.243 e. The molecule has 6 nitrogen and oxygen atoms in total. The summed E-state index contributed by atoms with van der Waals surface area (Å²) in [4.78, 5) is 13.6. The fourth-order valence-electron chi connectivity index (χ4n) is 2.22. The number of hydrogen-bond acceptors (Lipinski definition) is 4. The molecule has 0 fully saturated rings. The molecule has 0 saturated carbocycles. The van der Waals surface area contributed by atoms with Gasteiger partial charge < -0.3 is 10.6 Å². The van der Waals surface area contributed by atoms with Crippen LogP contribution < -0.4 is 15.4 Å². The maximum absolute atomic E-state index is 12.1. The predicted octanol–water partition coefficient (Wildman–Crippen LogP) is 0.0972. The Kier molecular flexibility index (Phi) is 3.77. The first-order valence-corrected chi connectivity index (χ1v) is 7.69. The second-order valence-electron chi connectivity index (χ2n) is 4.46. The minimum Gasteiger partial charge on any atom is -0.398 e. The third kappa shape index (κ3) is 2.87. The highest BCUT2D eigenvalue weighted by atomic mass is 32.2. The Labute approximate surface area is 112 Å². The van der Waals surface area contributed by atoms with E-state index in [1.54, 1.807) is 18.2 Å². The van der Waals surface area contributed by atoms with Crippen LogP contribution in [0, 0.1) is 0 Å². The van der Waals surface area contributed by atoms with Gasteiger partial charge in [-0.05, 0) is 37.6 Å². The minimum absolute atomic E-state index is 0.430. The molecule has 0 spiro atoms. The average Bonchev–Trinajstić information content (AvgIpc) is 2.38. The molecule has 3 N–H and O–H groups in total. The largest absolute Gasteiger partial charge is 0.398 e. The van der Waals surface area contributed by atoms with Crippen molar-refractivity contribution in [3.8, 4) is 0 Å². The molecule has 1 amide bonds. The minimum atomic E-state index is -3.55. The van der Waals surface area contributed by atoms with Crippen LogP contribution in [0.25, 0.3) is 0 Å². The van der Waals surface area contributed by atoms with E-state index >= 15 is 0 Å². The SMILES string of the molecule is CNS(=O)(=O)CC(=O)N1CCCc2c(N)cccc21. The second-order valence-corrected chi connectivity index (χ2v) is 6.38. The third-order valence-corrected chi connectivity index (χ3v) is 4.46. The Morgan fingerprint density at radius 3 is 2.89 bits per heavy atom. The van der Waals surface area contributed by atoms with Crippen molar-refractivity contribution in [2.24, 2.45) is 0 Å². The monoisotopic (exact) mass is 283 g/mol. The standard InChI is InChI=1S/C12H17N3O3S/c1-14-19(17,18)8-12(16)15-7-3-4-9-10(13)5-2-6-11(9)15/h2,5-6,14H,3-4,7-8,13H2,1H3. The normalized spacial score (nSPS) is 15.1. The van der Waals surface area contributed by atoms with Crippen molar-refractivity contribution >= 4 is 27.3 Å². The number of benzene rings is 1. The Balaban J connectivity index is 2.29. The number of nitrogens with zero attached hydrogens (tertiary/aromatic N) is 1. The molecule has 7 heteroatoms. The first-order chi connectivity index (χ1) is 8.94. The summed E-state index contributed by atoms with van der Waals surface area (Å²) in [5.74, 6) is -0.974. The van der Waals surface area contributed by atoms with E-state index in [1.807, 2.05) is 0 Å². The van der Waals surface area contributed by atoms with E-state index in [1.165, 1.54) is 11.9 Å². The van der Waals surface area contributed by atoms with Crippen LogP contribution in [0.1, 0.15) is 12.0 Å². The first kappa shape index (κ1) is 13.8. The lowest BCUT2D eigenvalue weighted by Crippen LogP contribution is -2.41. The Morgan fingerprint density at radius 1 is 1.47 bits per heavy atom. The van der Waals surface area contributed by atoms with E-state index in [4.69, 9.17) is 5.73 Å². The van der Waals surface area contributed by atoms with Crippen LogP contribution in [0.4, 0.5) is 11.4 Å². The molecule has 19 heavy (non-hydrogen) atoms. The quantitative estimate of drug-likeness (QED) is 0.769. The lowest BCUT2D eigenvalue weighted by molar-refractivity contribution is -0.116. The molecule has 0 saturated heterocycles. The number of nitrogens with one attached hydrogen (secondary N) is 1. The van der Waals surface area contributed by atoms with Gasteiger partial charge in [-0.3, -0.25) is 4.79 Å². The van der Waals surface area contributed by atoms with Gasteiger partial charge in [-0.15, -0.1) is 0 Å². The molecule has 0 unspecified atom stereocenters. The number of anilines is 2. The summed E-state index contributed by atoms with van der Waals surface area (Å²) in [6.45, 7) is 0.522. The Morgan fingerprint density at radius 2 is 2.21 bits per heavy atom. The summed E-state index contributed by atoms with van der Waals surface area (Å²) in [7, 11) is -2.26. The van der Waals surface area contributed by atoms with E-state index in [2.05, 4.69) is 4.72 Å². The summed E-state index contributed by atoms with van der Waals surface area (Å²) >= 11 is 0. The van der Waals surface area contributed by atoms with E-state index < -0.39 is 21.7 Å². The van der Waals surface area contributed by atoms with Gasteiger partial charge in [0.05, 0.1) is 0 Å². The van der Waals surface area contributed by atoms with Crippen LogP contribution in [0.5, 0.6) is 0 Å². The molecule has 1 aromatic carbocycles. The number of nitrogens with two attached hydrogens (primary N) is 1. The molecule has 104 valence electrons. The summed E-state index contributed by atoms with van der Waals surface area (Å²) in [6.07, 6.45) is 1.59. The van der Waals surface area contributed by atoms with Gasteiger partial charge >= 0.3 is 0 Å². The van der Waals surface area contributed by atoms with E-state index in [0.717, 1.165) is 24.1 Å². The highest BCUT2D eigenvalue weighted by Gasteiger charge is 2.26. The smallest absolute Gasteiger partial charge is 0.243 e. The molecule has 2 rings (SSSR count). The molecule has 0 atom stereocenters. The zero-order valence-corrected chi connectivity index (χ0v) is 11.5. The number of carbonyl (C=O) groups is 1. The van der Waals surface area contributed by atoms with Crippen molar-refractivity contribution in [2.45, 2.75) is 12.8 Å². The maximum atomic E-state index is 12.1. The second kappa shape index (κ2) is 5.18. The molecule has 1 aliphatic rings. The van der Waals surface area contributed by atoms with Crippen LogP contribution in [0.15, 0.2) is 18.2 Å². The van der Waals surface area contributed by atoms with Crippen LogP contribution >= 0.6 is 0 Å². The zero-order chi connectivity index (χ0) is 14.0. The van der Waals surface area contributed by atoms with Gasteiger partial charge in [-0.25, -0.2) is 13.1 Å². The van der Waals surface area contributed by atoms with Crippen molar-refractivity contribution in [3.63, 3.8) is 0 Å². The number of nitrogen functional groups attached to an aromatic ring is 1. The number of carbonyl (C=O) groups excluding carboxylic acids is 1. The van der Waals surface area contributed by atoms with E-state index in [-0.39, 0.29) is 0 Å². The van der Waals surface area contributed by atoms with Crippen LogP contribution in [-0.4, -0.2) is 33.7 Å². The fraction of sp³-hybridized carbons (Fsp3) is 0.417. The van der Waals surface area contributed by atoms with Crippen LogP contribution in [0.2, 0.25) is 0 Å². The number of fused-ring (bicyclic) bond motifs is 1. The number of sulfonamides is 1. The van der Waals surface area contributed by atoms with Gasteiger partial charge in [0.25, 0.3) is 0 Å². The summed E-state index contributed by atoms with van der Waals surface area (Å²) in [6, 6.07) is 5.36. The van der Waals surface area contributed by atoms with Crippen molar-refractivity contribution in [3.05, 3.63) is 23.8 Å². The molecule has 1 aliphatic heterocycles. The molecule has 1 heterocycles. The third-order valence-electron chi connectivity index (χ3n) is 3.21. The van der Waals surface area contributed by atoms with Gasteiger partial charge in [-0.2, -0.15) is 0 Å². The molecule has 0 aromatic heterocycles. The lowest BCUT2D eigenvalue weighted by Gasteiger charge is -2.30. The lowest BCUT2D eigenvalue weighted by atomic mass is 10.00. The fourth-order valence-corrected chi connectivity index (χ4v) is 2.85. The summed E-state index contributed by atoms with van der Waals surface area (Å²) in [5, 5.41) is 0.